The van der Waals surface area contributed by atoms with Gasteiger partial charge in [-0.15, -0.1) is 0 Å². The van der Waals surface area contributed by atoms with E-state index >= 15 is 0 Å². The highest BCUT2D eigenvalue weighted by Crippen LogP contribution is 2.61. The number of hydrogen-bond donors (Lipinski definition) is 0. The van der Waals surface area contributed by atoms with Crippen molar-refractivity contribution in [3.63, 3.8) is 0 Å². The topological polar surface area (TPSA) is 18.5 Å². The molecule has 0 unspecified atom stereocenters. The van der Waals surface area contributed by atoms with Crippen molar-refractivity contribution in [1.29, 1.82) is 0 Å². The first-order chi connectivity index (χ1) is 8.31. The van der Waals surface area contributed by atoms with Crippen molar-refractivity contribution in [2.75, 3.05) is 0 Å². The molecule has 0 atom stereocenters. The first kappa shape index (κ1) is 10.9. The molecule has 0 aliphatic carbocycles. The van der Waals surface area contributed by atoms with Crippen LogP contribution in [0.2, 0.25) is 0 Å². The summed E-state index contributed by atoms with van der Waals surface area (Å²) in [6.45, 7) is 2.08. The van der Waals surface area contributed by atoms with E-state index in [1.807, 2.05) is 24.3 Å². The summed E-state index contributed by atoms with van der Waals surface area (Å²) >= 11 is 1.64. The van der Waals surface area contributed by atoms with Gasteiger partial charge in [-0.3, -0.25) is 0 Å². The molecule has 0 saturated heterocycles. The van der Waals surface area contributed by atoms with E-state index in [0.717, 1.165) is 11.5 Å². The molecule has 0 spiro atoms. The highest BCUT2D eigenvalue weighted by Gasteiger charge is 2.26. The SMILES string of the molecule is Cc1ccc(SP2Oc3ccccc3O2)cc1. The third-order valence-corrected chi connectivity index (χ3v) is 5.25. The predicted molar refractivity (Wildman–Crippen MR) is 71.7 cm³/mol. The second kappa shape index (κ2) is 4.59. The van der Waals surface area contributed by atoms with Crippen molar-refractivity contribution in [2.45, 2.75) is 11.8 Å². The van der Waals surface area contributed by atoms with Crippen LogP contribution in [0.5, 0.6) is 11.5 Å². The summed E-state index contributed by atoms with van der Waals surface area (Å²) in [6.07, 6.45) is 0. The zero-order valence-corrected chi connectivity index (χ0v) is 11.0. The average molecular weight is 262 g/mol. The van der Waals surface area contributed by atoms with Gasteiger partial charge in [-0.05, 0) is 42.6 Å². The predicted octanol–water partition coefficient (Wildman–Crippen LogP) is 4.79. The van der Waals surface area contributed by atoms with Gasteiger partial charge in [0, 0.05) is 4.90 Å². The minimum Gasteiger partial charge on any atom is -0.427 e. The van der Waals surface area contributed by atoms with Gasteiger partial charge >= 0.3 is 7.58 Å². The van der Waals surface area contributed by atoms with Crippen LogP contribution in [0.4, 0.5) is 0 Å². The molecule has 17 heavy (non-hydrogen) atoms. The van der Waals surface area contributed by atoms with Crippen molar-refractivity contribution in [3.8, 4) is 11.5 Å². The lowest BCUT2D eigenvalue weighted by Crippen LogP contribution is -1.80. The van der Waals surface area contributed by atoms with Crippen LogP contribution in [-0.4, -0.2) is 0 Å². The van der Waals surface area contributed by atoms with Crippen LogP contribution in [0.1, 0.15) is 5.56 Å². The number of hydrogen-bond acceptors (Lipinski definition) is 3. The second-order valence-corrected chi connectivity index (χ2v) is 6.67. The largest absolute Gasteiger partial charge is 0.427 e. The average Bonchev–Trinajstić information content (AvgIpc) is 2.74. The van der Waals surface area contributed by atoms with E-state index in [4.69, 9.17) is 9.05 Å². The first-order valence-electron chi connectivity index (χ1n) is 5.31. The lowest BCUT2D eigenvalue weighted by molar-refractivity contribution is 0.596. The molecule has 0 aromatic heterocycles. The quantitative estimate of drug-likeness (QED) is 0.725. The number of para-hydroxylation sites is 2. The molecule has 0 saturated carbocycles. The van der Waals surface area contributed by atoms with Gasteiger partial charge in [-0.2, -0.15) is 0 Å². The van der Waals surface area contributed by atoms with E-state index in [1.165, 1.54) is 10.5 Å². The fourth-order valence-corrected chi connectivity index (χ4v) is 4.25. The Labute approximate surface area is 106 Å². The summed E-state index contributed by atoms with van der Waals surface area (Å²) < 4.78 is 11.5. The molecule has 0 bridgehead atoms. The summed E-state index contributed by atoms with van der Waals surface area (Å²) in [4.78, 5) is 1.18. The molecule has 2 aromatic carbocycles. The standard InChI is InChI=1S/C13H11O2PS/c1-10-6-8-11(9-7-10)17-16-14-12-4-2-3-5-13(12)15-16/h2-9H,1H3. The Hall–Kier alpha value is -1.18. The van der Waals surface area contributed by atoms with E-state index in [2.05, 4.69) is 31.2 Å². The van der Waals surface area contributed by atoms with Crippen LogP contribution in [0.3, 0.4) is 0 Å². The van der Waals surface area contributed by atoms with Crippen LogP contribution in [0.25, 0.3) is 0 Å². The maximum absolute atomic E-state index is 5.75. The molecular formula is C13H11O2PS. The van der Waals surface area contributed by atoms with Gasteiger partial charge in [-0.25, -0.2) is 0 Å². The highest BCUT2D eigenvalue weighted by molar-refractivity contribution is 8.53. The van der Waals surface area contributed by atoms with E-state index < -0.39 is 7.58 Å². The molecule has 3 rings (SSSR count). The molecule has 1 aliphatic rings. The Balaban J connectivity index is 1.71. The highest BCUT2D eigenvalue weighted by atomic mass is 32.7. The Morgan fingerprint density at radius 3 is 2.06 bits per heavy atom. The molecule has 4 heteroatoms. The monoisotopic (exact) mass is 262 g/mol. The molecule has 2 aromatic rings. The Morgan fingerprint density at radius 2 is 1.47 bits per heavy atom. The van der Waals surface area contributed by atoms with Crippen LogP contribution in [0, 0.1) is 6.92 Å². The van der Waals surface area contributed by atoms with Gasteiger partial charge in [0.2, 0.25) is 0 Å². The minimum absolute atomic E-state index is 0.846. The van der Waals surface area contributed by atoms with Crippen molar-refractivity contribution in [2.24, 2.45) is 0 Å². The maximum atomic E-state index is 5.75. The van der Waals surface area contributed by atoms with Crippen molar-refractivity contribution < 1.29 is 9.05 Å². The van der Waals surface area contributed by atoms with Crippen molar-refractivity contribution in [1.82, 2.24) is 0 Å². The van der Waals surface area contributed by atoms with Crippen LogP contribution in [-0.2, 0) is 0 Å². The minimum atomic E-state index is -0.941. The Morgan fingerprint density at radius 1 is 0.882 bits per heavy atom. The van der Waals surface area contributed by atoms with Crippen LogP contribution >= 0.6 is 19.0 Å². The molecule has 0 radical (unpaired) electrons. The lowest BCUT2D eigenvalue weighted by Gasteiger charge is -2.06. The smallest absolute Gasteiger partial charge is 0.365 e. The van der Waals surface area contributed by atoms with Gasteiger partial charge in [0.05, 0.1) is 0 Å². The molecule has 0 N–H and O–H groups in total. The number of fused-ring (bicyclic) bond motifs is 1. The molecule has 1 aliphatic heterocycles. The van der Waals surface area contributed by atoms with Crippen molar-refractivity contribution in [3.05, 3.63) is 54.1 Å². The molecule has 2 nitrogen and oxygen atoms in total. The molecule has 1 heterocycles. The summed E-state index contributed by atoms with van der Waals surface area (Å²) in [6, 6.07) is 16.2. The molecule has 0 fully saturated rings. The van der Waals surface area contributed by atoms with E-state index in [9.17, 15) is 0 Å². The van der Waals surface area contributed by atoms with E-state index in [0.29, 0.717) is 0 Å². The maximum Gasteiger partial charge on any atom is 0.365 e. The van der Waals surface area contributed by atoms with Crippen LogP contribution < -0.4 is 9.05 Å². The van der Waals surface area contributed by atoms with Gasteiger partial charge < -0.3 is 9.05 Å². The van der Waals surface area contributed by atoms with E-state index in [-0.39, 0.29) is 0 Å². The fourth-order valence-electron chi connectivity index (χ4n) is 1.50. The summed E-state index contributed by atoms with van der Waals surface area (Å²) in [7, 11) is -0.941. The van der Waals surface area contributed by atoms with Crippen LogP contribution in [0.15, 0.2) is 53.4 Å². The summed E-state index contributed by atoms with van der Waals surface area (Å²) in [5.41, 5.74) is 1.26. The second-order valence-electron chi connectivity index (χ2n) is 3.76. The number of rotatable bonds is 2. The molecule has 86 valence electrons. The summed E-state index contributed by atoms with van der Waals surface area (Å²) in [5.74, 6) is 1.69. The van der Waals surface area contributed by atoms with Gasteiger partial charge in [0.25, 0.3) is 0 Å². The Kier molecular flexibility index (Phi) is 2.96. The lowest BCUT2D eigenvalue weighted by atomic mass is 10.2. The van der Waals surface area contributed by atoms with E-state index in [1.54, 1.807) is 11.4 Å². The summed E-state index contributed by atoms with van der Waals surface area (Å²) in [5, 5.41) is 0. The zero-order valence-electron chi connectivity index (χ0n) is 9.29. The number of aryl methyl sites for hydroxylation is 1. The van der Waals surface area contributed by atoms with Crippen molar-refractivity contribution >= 4 is 19.0 Å². The molecular weight excluding hydrogens is 251 g/mol. The van der Waals surface area contributed by atoms with Gasteiger partial charge in [-0.1, -0.05) is 29.8 Å². The third-order valence-electron chi connectivity index (χ3n) is 2.40. The molecule has 0 amide bonds. The van der Waals surface area contributed by atoms with Gasteiger partial charge in [0.15, 0.2) is 11.5 Å². The number of benzene rings is 2. The Bertz CT molecular complexity index is 502. The van der Waals surface area contributed by atoms with Gasteiger partial charge in [0.1, 0.15) is 0 Å². The fraction of sp³-hybridized carbons (Fsp3) is 0.0769. The third kappa shape index (κ3) is 2.41. The normalized spacial score (nSPS) is 13.9. The zero-order chi connectivity index (χ0) is 11.7. The first-order valence-corrected chi connectivity index (χ1v) is 7.91.